The van der Waals surface area contributed by atoms with Crippen LogP contribution in [0.3, 0.4) is 0 Å². The summed E-state index contributed by atoms with van der Waals surface area (Å²) in [6, 6.07) is 14.6. The average Bonchev–Trinajstić information content (AvgIpc) is 2.51. The molecule has 2 amide bonds. The molecule has 0 radical (unpaired) electrons. The lowest BCUT2D eigenvalue weighted by molar-refractivity contribution is 0.0625. The van der Waals surface area contributed by atoms with Crippen LogP contribution < -0.4 is 10.7 Å². The summed E-state index contributed by atoms with van der Waals surface area (Å²) in [5, 5.41) is 7.24. The number of nitrogens with zero attached hydrogens (tertiary/aromatic N) is 1. The topological polar surface area (TPSA) is 44.4 Å². The van der Waals surface area contributed by atoms with Crippen LogP contribution in [0.25, 0.3) is 10.8 Å². The Balaban J connectivity index is 1.73. The highest BCUT2D eigenvalue weighted by Gasteiger charge is 2.26. The summed E-state index contributed by atoms with van der Waals surface area (Å²) >= 11 is 0. The van der Waals surface area contributed by atoms with Gasteiger partial charge < -0.3 is 5.32 Å². The van der Waals surface area contributed by atoms with Gasteiger partial charge in [-0.15, -0.1) is 0 Å². The van der Waals surface area contributed by atoms with E-state index in [4.69, 9.17) is 0 Å². The van der Waals surface area contributed by atoms with Gasteiger partial charge in [0.15, 0.2) is 0 Å². The van der Waals surface area contributed by atoms with Crippen LogP contribution in [0, 0.1) is 0 Å². The fourth-order valence-corrected chi connectivity index (χ4v) is 3.24. The predicted molar refractivity (Wildman–Crippen MR) is 90.7 cm³/mol. The zero-order valence-electron chi connectivity index (χ0n) is 13.2. The SMILES string of the molecule is CC1CCCC(C)N1NC(=O)Nc1cccc2ccccc12. The number of urea groups is 1. The van der Waals surface area contributed by atoms with Gasteiger partial charge in [0.05, 0.1) is 5.69 Å². The number of carbonyl (C=O) groups excluding carboxylic acids is 1. The van der Waals surface area contributed by atoms with Crippen molar-refractivity contribution in [3.05, 3.63) is 42.5 Å². The first-order valence-electron chi connectivity index (χ1n) is 7.99. The summed E-state index contributed by atoms with van der Waals surface area (Å²) in [5.41, 5.74) is 3.86. The number of benzene rings is 2. The van der Waals surface area contributed by atoms with Gasteiger partial charge in [0.25, 0.3) is 0 Å². The summed E-state index contributed by atoms with van der Waals surface area (Å²) in [6.07, 6.45) is 3.48. The smallest absolute Gasteiger partial charge is 0.306 e. The van der Waals surface area contributed by atoms with Crippen molar-refractivity contribution >= 4 is 22.5 Å². The van der Waals surface area contributed by atoms with Crippen LogP contribution in [0.2, 0.25) is 0 Å². The molecule has 2 atom stereocenters. The maximum Gasteiger partial charge on any atom is 0.333 e. The largest absolute Gasteiger partial charge is 0.333 e. The van der Waals surface area contributed by atoms with Crippen LogP contribution in [0.15, 0.2) is 42.5 Å². The van der Waals surface area contributed by atoms with Gasteiger partial charge in [-0.05, 0) is 38.1 Å². The summed E-state index contributed by atoms with van der Waals surface area (Å²) in [4.78, 5) is 12.4. The molecular formula is C18H23N3O. The molecule has 3 rings (SSSR count). The van der Waals surface area contributed by atoms with E-state index in [0.29, 0.717) is 12.1 Å². The van der Waals surface area contributed by atoms with Crippen molar-refractivity contribution in [2.75, 3.05) is 5.32 Å². The number of rotatable bonds is 2. The zero-order valence-corrected chi connectivity index (χ0v) is 13.2. The van der Waals surface area contributed by atoms with Crippen molar-refractivity contribution in [2.45, 2.75) is 45.2 Å². The van der Waals surface area contributed by atoms with Crippen LogP contribution in [-0.2, 0) is 0 Å². The number of piperidine rings is 1. The molecule has 2 aromatic carbocycles. The third kappa shape index (κ3) is 3.07. The lowest BCUT2D eigenvalue weighted by atomic mass is 10.00. The monoisotopic (exact) mass is 297 g/mol. The highest BCUT2D eigenvalue weighted by molar-refractivity contribution is 6.01. The van der Waals surface area contributed by atoms with E-state index in [1.807, 2.05) is 42.5 Å². The number of hydrogen-bond acceptors (Lipinski definition) is 2. The molecule has 4 nitrogen and oxygen atoms in total. The molecule has 0 aliphatic carbocycles. The second-order valence-electron chi connectivity index (χ2n) is 6.13. The predicted octanol–water partition coefficient (Wildman–Crippen LogP) is 4.14. The summed E-state index contributed by atoms with van der Waals surface area (Å²) in [7, 11) is 0. The van der Waals surface area contributed by atoms with Gasteiger partial charge in [-0.1, -0.05) is 42.8 Å². The Morgan fingerprint density at radius 2 is 1.73 bits per heavy atom. The van der Waals surface area contributed by atoms with Gasteiger partial charge in [0.1, 0.15) is 0 Å². The highest BCUT2D eigenvalue weighted by Crippen LogP contribution is 2.23. The van der Waals surface area contributed by atoms with Crippen LogP contribution in [0.4, 0.5) is 10.5 Å². The number of amides is 2. The summed E-state index contributed by atoms with van der Waals surface area (Å²) < 4.78 is 0. The van der Waals surface area contributed by atoms with Crippen molar-refractivity contribution < 1.29 is 4.79 Å². The molecule has 1 heterocycles. The summed E-state index contributed by atoms with van der Waals surface area (Å²) in [5.74, 6) is 0. The molecule has 2 N–H and O–H groups in total. The lowest BCUT2D eigenvalue weighted by Gasteiger charge is -2.38. The van der Waals surface area contributed by atoms with Gasteiger partial charge >= 0.3 is 6.03 Å². The highest BCUT2D eigenvalue weighted by atomic mass is 16.2. The molecule has 0 bridgehead atoms. The van der Waals surface area contributed by atoms with Crippen molar-refractivity contribution in [3.63, 3.8) is 0 Å². The maximum atomic E-state index is 12.4. The van der Waals surface area contributed by atoms with E-state index in [1.54, 1.807) is 0 Å². The minimum Gasteiger partial charge on any atom is -0.306 e. The number of hydrogen-bond donors (Lipinski definition) is 2. The Labute approximate surface area is 131 Å². The minimum absolute atomic E-state index is 0.169. The van der Waals surface area contributed by atoms with E-state index >= 15 is 0 Å². The normalized spacial score (nSPS) is 22.5. The Bertz CT molecular complexity index is 655. The minimum atomic E-state index is -0.169. The van der Waals surface area contributed by atoms with Crippen molar-refractivity contribution in [2.24, 2.45) is 0 Å². The number of anilines is 1. The fourth-order valence-electron chi connectivity index (χ4n) is 3.24. The van der Waals surface area contributed by atoms with Crippen LogP contribution >= 0.6 is 0 Å². The molecule has 1 aliphatic heterocycles. The van der Waals surface area contributed by atoms with E-state index in [2.05, 4.69) is 29.6 Å². The van der Waals surface area contributed by atoms with E-state index in [1.165, 1.54) is 6.42 Å². The average molecular weight is 297 g/mol. The van der Waals surface area contributed by atoms with Gasteiger partial charge in [-0.25, -0.2) is 9.80 Å². The number of carbonyl (C=O) groups is 1. The molecule has 0 spiro atoms. The van der Waals surface area contributed by atoms with Crippen molar-refractivity contribution in [1.82, 2.24) is 10.4 Å². The third-order valence-electron chi connectivity index (χ3n) is 4.46. The molecule has 0 aromatic heterocycles. The Hall–Kier alpha value is -2.07. The first-order chi connectivity index (χ1) is 10.6. The van der Waals surface area contributed by atoms with Gasteiger partial charge in [-0.2, -0.15) is 0 Å². The zero-order chi connectivity index (χ0) is 15.5. The van der Waals surface area contributed by atoms with Gasteiger partial charge in [-0.3, -0.25) is 5.43 Å². The quantitative estimate of drug-likeness (QED) is 0.875. The first kappa shape index (κ1) is 14.9. The third-order valence-corrected chi connectivity index (χ3v) is 4.46. The number of hydrazine groups is 1. The summed E-state index contributed by atoms with van der Waals surface area (Å²) in [6.45, 7) is 4.32. The Morgan fingerprint density at radius 3 is 2.50 bits per heavy atom. The molecule has 2 unspecified atom stereocenters. The molecule has 4 heteroatoms. The first-order valence-corrected chi connectivity index (χ1v) is 7.99. The van der Waals surface area contributed by atoms with E-state index in [0.717, 1.165) is 29.3 Å². The lowest BCUT2D eigenvalue weighted by Crippen LogP contribution is -2.55. The van der Waals surface area contributed by atoms with Crippen LogP contribution in [0.5, 0.6) is 0 Å². The molecule has 116 valence electrons. The molecular weight excluding hydrogens is 274 g/mol. The van der Waals surface area contributed by atoms with Gasteiger partial charge in [0, 0.05) is 17.5 Å². The van der Waals surface area contributed by atoms with E-state index < -0.39 is 0 Å². The molecule has 22 heavy (non-hydrogen) atoms. The molecule has 1 aliphatic rings. The van der Waals surface area contributed by atoms with Crippen molar-refractivity contribution in [3.8, 4) is 0 Å². The van der Waals surface area contributed by atoms with Crippen molar-refractivity contribution in [1.29, 1.82) is 0 Å². The van der Waals surface area contributed by atoms with E-state index in [9.17, 15) is 4.79 Å². The van der Waals surface area contributed by atoms with Crippen LogP contribution in [0.1, 0.15) is 33.1 Å². The molecule has 0 saturated carbocycles. The maximum absolute atomic E-state index is 12.4. The molecule has 1 saturated heterocycles. The fraction of sp³-hybridized carbons (Fsp3) is 0.389. The van der Waals surface area contributed by atoms with E-state index in [-0.39, 0.29) is 6.03 Å². The standard InChI is InChI=1S/C18H23N3O/c1-13-7-5-8-14(2)21(13)20-18(22)19-17-12-6-10-15-9-3-4-11-16(15)17/h3-4,6,9-14H,5,7-8H2,1-2H3,(H2,19,20,22). The molecule has 2 aromatic rings. The number of fused-ring (bicyclic) bond motifs is 1. The van der Waals surface area contributed by atoms with Crippen LogP contribution in [-0.4, -0.2) is 23.1 Å². The second-order valence-corrected chi connectivity index (χ2v) is 6.13. The molecule has 1 fully saturated rings. The number of nitrogens with one attached hydrogen (secondary N) is 2. The van der Waals surface area contributed by atoms with Gasteiger partial charge in [0.2, 0.25) is 0 Å². The second kappa shape index (κ2) is 6.36. The Kier molecular flexibility index (Phi) is 4.29. The Morgan fingerprint density at radius 1 is 1.05 bits per heavy atom.